The Morgan fingerprint density at radius 1 is 0.733 bits per heavy atom. The second kappa shape index (κ2) is 21.6. The Morgan fingerprint density at radius 3 is 1.82 bits per heavy atom. The van der Waals surface area contributed by atoms with Gasteiger partial charge < -0.3 is 18.9 Å². The molecule has 3 aromatic rings. The number of esters is 2. The number of carbonyl (C=O) groups is 2. The molecule has 0 N–H and O–H groups in total. The van der Waals surface area contributed by atoms with Gasteiger partial charge in [0.25, 0.3) is 0 Å². The molecule has 0 saturated carbocycles. The van der Waals surface area contributed by atoms with Crippen LogP contribution in [0, 0.1) is 5.92 Å². The number of halogens is 2. The summed E-state index contributed by atoms with van der Waals surface area (Å²) in [6, 6.07) is 15.5. The van der Waals surface area contributed by atoms with Crippen LogP contribution in [0.15, 0.2) is 62.2 Å². The molecule has 1 unspecified atom stereocenters. The minimum Gasteiger partial charge on any atom is -0.494 e. The lowest BCUT2D eigenvalue weighted by Gasteiger charge is -2.10. The third-order valence-corrected chi connectivity index (χ3v) is 9.99. The number of hydrogen-bond donors (Lipinski definition) is 0. The summed E-state index contributed by atoms with van der Waals surface area (Å²) in [6.07, 6.45) is 13.2. The van der Waals surface area contributed by atoms with E-state index < -0.39 is 5.97 Å². The molecular formula is C36H46Br2O6S. The number of unbranched alkanes of at least 4 members (excludes halogenated alkanes) is 9. The summed E-state index contributed by atoms with van der Waals surface area (Å²) < 4.78 is 24.7. The number of benzene rings is 2. The highest BCUT2D eigenvalue weighted by Gasteiger charge is 2.12. The van der Waals surface area contributed by atoms with Crippen LogP contribution < -0.4 is 9.47 Å². The molecule has 9 heteroatoms. The number of carbonyl (C=O) groups excluding carboxylic acids is 2. The molecule has 0 aliphatic rings. The predicted molar refractivity (Wildman–Crippen MR) is 189 cm³/mol. The Hall–Kier alpha value is -2.20. The van der Waals surface area contributed by atoms with Crippen molar-refractivity contribution in [1.82, 2.24) is 0 Å². The number of rotatable bonds is 22. The van der Waals surface area contributed by atoms with Gasteiger partial charge in [-0.25, -0.2) is 9.59 Å². The highest BCUT2D eigenvalue weighted by Crippen LogP contribution is 2.32. The quantitative estimate of drug-likeness (QED) is 0.0576. The number of hydrogen-bond acceptors (Lipinski definition) is 7. The highest BCUT2D eigenvalue weighted by atomic mass is 79.9. The molecule has 0 bridgehead atoms. The largest absolute Gasteiger partial charge is 0.494 e. The van der Waals surface area contributed by atoms with Crippen molar-refractivity contribution < 1.29 is 28.5 Å². The van der Waals surface area contributed by atoms with Gasteiger partial charge in [0.2, 0.25) is 0 Å². The zero-order valence-corrected chi connectivity index (χ0v) is 30.5. The van der Waals surface area contributed by atoms with Crippen molar-refractivity contribution in [2.45, 2.75) is 91.1 Å². The van der Waals surface area contributed by atoms with Crippen LogP contribution in [-0.2, 0) is 16.1 Å². The Labute approximate surface area is 289 Å². The van der Waals surface area contributed by atoms with E-state index in [0.29, 0.717) is 42.6 Å². The lowest BCUT2D eigenvalue weighted by molar-refractivity contribution is 0.0447. The minimum atomic E-state index is -0.463. The predicted octanol–water partition coefficient (Wildman–Crippen LogP) is 11.2. The molecular weight excluding hydrogens is 720 g/mol. The molecule has 0 aliphatic heterocycles. The van der Waals surface area contributed by atoms with Crippen molar-refractivity contribution in [2.75, 3.05) is 19.8 Å². The van der Waals surface area contributed by atoms with Crippen LogP contribution in [0.25, 0.3) is 0 Å². The Bertz CT molecular complexity index is 1280. The third kappa shape index (κ3) is 14.8. The summed E-state index contributed by atoms with van der Waals surface area (Å²) in [7, 11) is 0. The molecule has 3 rings (SSSR count). The molecule has 0 radical (unpaired) electrons. The lowest BCUT2D eigenvalue weighted by atomic mass is 10.1. The SMILES string of the molecule is CCC(C)COC(=O)c1ccc(OC(=O)c2ccc(OCCCCCCCCCCCCOCc3cc(Br)sc3Br)cc2)cc1. The third-order valence-electron chi connectivity index (χ3n) is 7.52. The monoisotopic (exact) mass is 764 g/mol. The maximum absolute atomic E-state index is 12.5. The fourth-order valence-electron chi connectivity index (χ4n) is 4.50. The molecule has 0 fully saturated rings. The van der Waals surface area contributed by atoms with Crippen molar-refractivity contribution in [2.24, 2.45) is 5.92 Å². The van der Waals surface area contributed by atoms with Gasteiger partial charge in [0.1, 0.15) is 11.5 Å². The van der Waals surface area contributed by atoms with E-state index in [1.165, 1.54) is 50.5 Å². The molecule has 45 heavy (non-hydrogen) atoms. The topological polar surface area (TPSA) is 71.1 Å². The van der Waals surface area contributed by atoms with Crippen LogP contribution in [-0.4, -0.2) is 31.8 Å². The van der Waals surface area contributed by atoms with Gasteiger partial charge in [-0.1, -0.05) is 71.6 Å². The second-order valence-electron chi connectivity index (χ2n) is 11.3. The first-order valence-corrected chi connectivity index (χ1v) is 18.5. The molecule has 0 amide bonds. The summed E-state index contributed by atoms with van der Waals surface area (Å²) in [6.45, 7) is 6.65. The summed E-state index contributed by atoms with van der Waals surface area (Å²) in [4.78, 5) is 24.7. The standard InChI is InChI=1S/C36H46Br2O6S/c1-3-27(2)25-43-35(39)28-16-20-32(21-17-28)44-36(40)29-14-18-31(19-15-29)42-23-13-11-9-7-5-4-6-8-10-12-22-41-26-30-24-33(37)45-34(30)38/h14-21,24,27H,3-13,22-23,25-26H2,1-2H3. The van der Waals surface area contributed by atoms with Gasteiger partial charge in [-0.2, -0.15) is 0 Å². The Kier molecular flexibility index (Phi) is 17.9. The van der Waals surface area contributed by atoms with E-state index >= 15 is 0 Å². The summed E-state index contributed by atoms with van der Waals surface area (Å²) in [5, 5.41) is 0. The molecule has 1 atom stereocenters. The van der Waals surface area contributed by atoms with Gasteiger partial charge in [0, 0.05) is 12.2 Å². The van der Waals surface area contributed by atoms with Crippen LogP contribution in [0.3, 0.4) is 0 Å². The highest BCUT2D eigenvalue weighted by molar-refractivity contribution is 9.12. The first kappa shape index (κ1) is 37.3. The second-order valence-corrected chi connectivity index (χ2v) is 15.1. The number of thiophene rings is 1. The fourth-order valence-corrected chi connectivity index (χ4v) is 7.28. The van der Waals surface area contributed by atoms with Crippen molar-refractivity contribution in [1.29, 1.82) is 0 Å². The van der Waals surface area contributed by atoms with E-state index in [9.17, 15) is 9.59 Å². The van der Waals surface area contributed by atoms with Gasteiger partial charge in [0.05, 0.1) is 38.5 Å². The van der Waals surface area contributed by atoms with Crippen molar-refractivity contribution in [3.05, 3.63) is 78.9 Å². The van der Waals surface area contributed by atoms with Gasteiger partial charge >= 0.3 is 11.9 Å². The van der Waals surface area contributed by atoms with E-state index in [1.807, 2.05) is 6.92 Å². The zero-order valence-electron chi connectivity index (χ0n) is 26.5. The first-order chi connectivity index (χ1) is 21.9. The fraction of sp³-hybridized carbons (Fsp3) is 0.500. The van der Waals surface area contributed by atoms with E-state index in [-0.39, 0.29) is 5.97 Å². The van der Waals surface area contributed by atoms with Gasteiger partial charge in [-0.15, -0.1) is 11.3 Å². The van der Waals surface area contributed by atoms with Crippen molar-refractivity contribution >= 4 is 55.1 Å². The minimum absolute atomic E-state index is 0.318. The van der Waals surface area contributed by atoms with E-state index in [1.54, 1.807) is 59.9 Å². The lowest BCUT2D eigenvalue weighted by Crippen LogP contribution is -2.12. The first-order valence-electron chi connectivity index (χ1n) is 16.1. The van der Waals surface area contributed by atoms with Crippen LogP contribution in [0.4, 0.5) is 0 Å². The normalized spacial score (nSPS) is 11.7. The van der Waals surface area contributed by atoms with E-state index in [2.05, 4.69) is 44.8 Å². The molecule has 2 aromatic carbocycles. The van der Waals surface area contributed by atoms with E-state index in [0.717, 1.165) is 45.6 Å². The van der Waals surface area contributed by atoms with Gasteiger partial charge in [-0.05, 0) is 105 Å². The molecule has 6 nitrogen and oxygen atoms in total. The maximum Gasteiger partial charge on any atom is 0.343 e. The smallest absolute Gasteiger partial charge is 0.343 e. The summed E-state index contributed by atoms with van der Waals surface area (Å²) >= 11 is 8.76. The Morgan fingerprint density at radius 2 is 1.27 bits per heavy atom. The maximum atomic E-state index is 12.5. The molecule has 246 valence electrons. The average Bonchev–Trinajstić information content (AvgIpc) is 3.37. The summed E-state index contributed by atoms with van der Waals surface area (Å²) in [5.74, 6) is 0.584. The van der Waals surface area contributed by atoms with Gasteiger partial charge in [0.15, 0.2) is 0 Å². The zero-order chi connectivity index (χ0) is 32.3. The van der Waals surface area contributed by atoms with Crippen LogP contribution in [0.1, 0.15) is 111 Å². The Balaban J connectivity index is 1.16. The van der Waals surface area contributed by atoms with E-state index in [4.69, 9.17) is 18.9 Å². The summed E-state index contributed by atoms with van der Waals surface area (Å²) in [5.41, 5.74) is 2.08. The number of ether oxygens (including phenoxy) is 4. The molecule has 0 saturated heterocycles. The van der Waals surface area contributed by atoms with Crippen molar-refractivity contribution in [3.63, 3.8) is 0 Å². The van der Waals surface area contributed by atoms with Crippen LogP contribution in [0.5, 0.6) is 11.5 Å². The van der Waals surface area contributed by atoms with Crippen LogP contribution >= 0.6 is 43.2 Å². The van der Waals surface area contributed by atoms with Gasteiger partial charge in [-0.3, -0.25) is 0 Å². The average molecular weight is 767 g/mol. The molecule has 1 aromatic heterocycles. The van der Waals surface area contributed by atoms with Crippen molar-refractivity contribution in [3.8, 4) is 11.5 Å². The van der Waals surface area contributed by atoms with Crippen LogP contribution in [0.2, 0.25) is 0 Å². The molecule has 0 spiro atoms. The molecule has 1 heterocycles. The molecule has 0 aliphatic carbocycles.